The van der Waals surface area contributed by atoms with Gasteiger partial charge in [0.25, 0.3) is 0 Å². The summed E-state index contributed by atoms with van der Waals surface area (Å²) in [6.07, 6.45) is 0.389. The van der Waals surface area contributed by atoms with Gasteiger partial charge in [-0.25, -0.2) is 4.79 Å². The maximum atomic E-state index is 13.2. The fraction of sp³-hybridized carbons (Fsp3) is 0.115. The van der Waals surface area contributed by atoms with Crippen LogP contribution in [0.1, 0.15) is 22.8 Å². The van der Waals surface area contributed by atoms with E-state index in [0.717, 1.165) is 5.56 Å². The lowest BCUT2D eigenvalue weighted by Gasteiger charge is -2.16. The van der Waals surface area contributed by atoms with Gasteiger partial charge in [0.2, 0.25) is 0 Å². The van der Waals surface area contributed by atoms with E-state index in [2.05, 4.69) is 63.7 Å². The number of allylic oxidation sites excluding steroid dienone is 1. The third-order valence-electron chi connectivity index (χ3n) is 5.47. The molecule has 0 amide bonds. The fourth-order valence-corrected chi connectivity index (χ4v) is 6.48. The van der Waals surface area contributed by atoms with Crippen LogP contribution >= 0.6 is 63.7 Å². The molecule has 0 radical (unpaired) electrons. The Kier molecular flexibility index (Phi) is 8.31. The number of aliphatic hydroxyl groups is 1. The van der Waals surface area contributed by atoms with E-state index in [1.165, 1.54) is 7.11 Å². The van der Waals surface area contributed by atoms with Crippen molar-refractivity contribution in [3.63, 3.8) is 0 Å². The summed E-state index contributed by atoms with van der Waals surface area (Å²) in [6, 6.07) is 13.9. The van der Waals surface area contributed by atoms with Gasteiger partial charge >= 0.3 is 5.97 Å². The van der Waals surface area contributed by atoms with Gasteiger partial charge in [0.1, 0.15) is 29.1 Å². The first kappa shape index (κ1) is 26.9. The van der Waals surface area contributed by atoms with E-state index in [0.29, 0.717) is 46.1 Å². The van der Waals surface area contributed by atoms with Crippen molar-refractivity contribution in [1.82, 2.24) is 0 Å². The molecule has 1 heterocycles. The minimum atomic E-state index is -1.32. The molecule has 1 aliphatic rings. The molecule has 0 unspecified atom stereocenters. The van der Waals surface area contributed by atoms with Crippen LogP contribution in [0.5, 0.6) is 17.2 Å². The molecule has 4 rings (SSSR count). The summed E-state index contributed by atoms with van der Waals surface area (Å²) in [7, 11) is 3.11. The second kappa shape index (κ2) is 11.1. The number of esters is 1. The minimum absolute atomic E-state index is 0.00962. The predicted octanol–water partition coefficient (Wildman–Crippen LogP) is 7.54. The molecule has 10 heteroatoms. The number of halogens is 4. The molecule has 36 heavy (non-hydrogen) atoms. The average Bonchev–Trinajstić information content (AvgIpc) is 3.17. The molecule has 0 fully saturated rings. The Bertz CT molecular complexity index is 1370. The molecule has 3 aromatic carbocycles. The predicted molar refractivity (Wildman–Crippen MR) is 151 cm³/mol. The van der Waals surface area contributed by atoms with E-state index < -0.39 is 12.1 Å². The van der Waals surface area contributed by atoms with Crippen LogP contribution < -0.4 is 9.47 Å². The molecule has 0 aromatic heterocycles. The molecule has 0 bridgehead atoms. The molecule has 0 spiro atoms. The lowest BCUT2D eigenvalue weighted by Crippen LogP contribution is -2.10. The first-order chi connectivity index (χ1) is 17.1. The minimum Gasteiger partial charge on any atom is -0.506 e. The number of hydrogen-bond acceptors (Lipinski definition) is 6. The standard InChI is InChI=1S/C26H18Br4O6/c1-34-15-5-3-12(4-6-15)7-20-21(13-8-16(27)24(32)17(28)9-13)22(26(33)36-20)23(31)14-10-18(29)25(35-2)19(30)11-14/h3-11,23,31-32H,1-2H3/t23-/m0/s1. The van der Waals surface area contributed by atoms with Gasteiger partial charge < -0.3 is 24.4 Å². The first-order valence-electron chi connectivity index (χ1n) is 10.4. The van der Waals surface area contributed by atoms with Crippen molar-refractivity contribution in [2.75, 3.05) is 14.2 Å². The van der Waals surface area contributed by atoms with Crippen LogP contribution in [0.2, 0.25) is 0 Å². The molecular formula is C26H18Br4O6. The van der Waals surface area contributed by atoms with Crippen LogP contribution in [0.4, 0.5) is 0 Å². The fourth-order valence-electron chi connectivity index (χ4n) is 3.75. The maximum absolute atomic E-state index is 13.2. The van der Waals surface area contributed by atoms with Crippen molar-refractivity contribution in [3.05, 3.63) is 94.4 Å². The summed E-state index contributed by atoms with van der Waals surface area (Å²) in [5, 5.41) is 21.7. The van der Waals surface area contributed by atoms with Gasteiger partial charge in [-0.2, -0.15) is 0 Å². The van der Waals surface area contributed by atoms with E-state index in [4.69, 9.17) is 14.2 Å². The zero-order chi connectivity index (χ0) is 26.1. The van der Waals surface area contributed by atoms with Crippen molar-refractivity contribution in [2.45, 2.75) is 6.10 Å². The molecule has 0 saturated carbocycles. The van der Waals surface area contributed by atoms with Gasteiger partial charge in [0.05, 0.1) is 37.7 Å². The largest absolute Gasteiger partial charge is 0.506 e. The number of carbonyl (C=O) groups is 1. The van der Waals surface area contributed by atoms with Gasteiger partial charge in [0.15, 0.2) is 0 Å². The Morgan fingerprint density at radius 1 is 0.889 bits per heavy atom. The van der Waals surface area contributed by atoms with E-state index >= 15 is 0 Å². The van der Waals surface area contributed by atoms with Gasteiger partial charge in [-0.3, -0.25) is 0 Å². The Balaban J connectivity index is 1.93. The quantitative estimate of drug-likeness (QED) is 0.254. The lowest BCUT2D eigenvalue weighted by atomic mass is 9.92. The van der Waals surface area contributed by atoms with Gasteiger partial charge in [-0.15, -0.1) is 0 Å². The average molecular weight is 746 g/mol. The Hall–Kier alpha value is -2.11. The van der Waals surface area contributed by atoms with Crippen LogP contribution in [0.3, 0.4) is 0 Å². The Morgan fingerprint density at radius 3 is 2.00 bits per heavy atom. The third kappa shape index (κ3) is 5.28. The number of phenols is 1. The van der Waals surface area contributed by atoms with Crippen molar-refractivity contribution in [3.8, 4) is 17.2 Å². The highest BCUT2D eigenvalue weighted by molar-refractivity contribution is 9.11. The number of cyclic esters (lactones) is 1. The highest BCUT2D eigenvalue weighted by atomic mass is 79.9. The van der Waals surface area contributed by atoms with Crippen LogP contribution in [-0.2, 0) is 9.53 Å². The van der Waals surface area contributed by atoms with Crippen molar-refractivity contribution < 1.29 is 29.2 Å². The number of aliphatic hydroxyl groups excluding tert-OH is 1. The number of aromatic hydroxyl groups is 1. The summed E-state index contributed by atoms with van der Waals surface area (Å²) in [5.41, 5.74) is 2.22. The Morgan fingerprint density at radius 2 is 1.47 bits per heavy atom. The van der Waals surface area contributed by atoms with Gasteiger partial charge in [0, 0.05) is 5.57 Å². The van der Waals surface area contributed by atoms with Gasteiger partial charge in [-0.1, -0.05) is 12.1 Å². The number of ether oxygens (including phenoxy) is 3. The third-order valence-corrected chi connectivity index (χ3v) is 7.86. The topological polar surface area (TPSA) is 85.2 Å². The van der Waals surface area contributed by atoms with Crippen molar-refractivity contribution in [2.24, 2.45) is 0 Å². The van der Waals surface area contributed by atoms with E-state index in [-0.39, 0.29) is 17.1 Å². The number of hydrogen-bond donors (Lipinski definition) is 2. The second-order valence-corrected chi connectivity index (χ2v) is 11.1. The number of carbonyl (C=O) groups excluding carboxylic acids is 1. The number of rotatable bonds is 6. The molecule has 2 N–H and O–H groups in total. The maximum Gasteiger partial charge on any atom is 0.343 e. The van der Waals surface area contributed by atoms with Crippen LogP contribution in [0.15, 0.2) is 77.8 Å². The monoisotopic (exact) mass is 742 g/mol. The number of benzene rings is 3. The molecule has 0 aliphatic carbocycles. The summed E-state index contributed by atoms with van der Waals surface area (Å²) in [6.45, 7) is 0. The molecule has 1 aliphatic heterocycles. The molecule has 1 atom stereocenters. The molecule has 3 aromatic rings. The van der Waals surface area contributed by atoms with Crippen LogP contribution in [-0.4, -0.2) is 30.4 Å². The normalized spacial score (nSPS) is 15.3. The van der Waals surface area contributed by atoms with E-state index in [1.807, 2.05) is 12.1 Å². The van der Waals surface area contributed by atoms with Gasteiger partial charge in [-0.05, 0) is 123 Å². The number of methoxy groups -OCH3 is 2. The van der Waals surface area contributed by atoms with Crippen LogP contribution in [0.25, 0.3) is 11.6 Å². The number of phenolic OH excluding ortho intramolecular Hbond substituents is 1. The summed E-state index contributed by atoms with van der Waals surface area (Å²) < 4.78 is 18.3. The van der Waals surface area contributed by atoms with Crippen molar-refractivity contribution in [1.29, 1.82) is 0 Å². The summed E-state index contributed by atoms with van der Waals surface area (Å²) >= 11 is 13.6. The summed E-state index contributed by atoms with van der Waals surface area (Å²) in [4.78, 5) is 13.2. The highest BCUT2D eigenvalue weighted by Crippen LogP contribution is 2.46. The smallest absolute Gasteiger partial charge is 0.343 e. The first-order valence-corrected chi connectivity index (χ1v) is 13.5. The molecule has 6 nitrogen and oxygen atoms in total. The highest BCUT2D eigenvalue weighted by Gasteiger charge is 2.37. The molecule has 0 saturated heterocycles. The zero-order valence-electron chi connectivity index (χ0n) is 18.8. The lowest BCUT2D eigenvalue weighted by molar-refractivity contribution is -0.134. The summed E-state index contributed by atoms with van der Waals surface area (Å²) in [5.74, 6) is 0.835. The SMILES string of the molecule is COc1ccc(C=C2OC(=O)C([C@@H](O)c3cc(Br)c(OC)c(Br)c3)=C2c2cc(Br)c(O)c(Br)c2)cc1. The van der Waals surface area contributed by atoms with E-state index in [1.54, 1.807) is 49.6 Å². The van der Waals surface area contributed by atoms with E-state index in [9.17, 15) is 15.0 Å². The Labute approximate surface area is 241 Å². The zero-order valence-corrected chi connectivity index (χ0v) is 25.2. The van der Waals surface area contributed by atoms with Crippen LogP contribution in [0, 0.1) is 0 Å². The van der Waals surface area contributed by atoms with Crippen molar-refractivity contribution >= 4 is 81.3 Å². The molecule has 186 valence electrons. The molecular weight excluding hydrogens is 728 g/mol. The second-order valence-electron chi connectivity index (χ2n) is 7.67.